The number of hydrogen-bond donors (Lipinski definition) is 0. The minimum Gasteiger partial charge on any atom is -0.491 e. The molecule has 0 bridgehead atoms. The first kappa shape index (κ1) is 17.8. The van der Waals surface area contributed by atoms with Crippen molar-refractivity contribution < 1.29 is 14.2 Å². The van der Waals surface area contributed by atoms with Gasteiger partial charge in [0.1, 0.15) is 18.5 Å². The fraction of sp³-hybridized carbons (Fsp3) is 0.318. The van der Waals surface area contributed by atoms with Crippen LogP contribution in [0.2, 0.25) is 0 Å². The predicted molar refractivity (Wildman–Crippen MR) is 102 cm³/mol. The number of para-hydroxylation sites is 1. The summed E-state index contributed by atoms with van der Waals surface area (Å²) in [7, 11) is 0. The molecule has 2 unspecified atom stereocenters. The average molecular weight is 364 g/mol. The van der Waals surface area contributed by atoms with Gasteiger partial charge in [0.2, 0.25) is 0 Å². The Kier molecular flexibility index (Phi) is 5.51. The molecule has 1 fully saturated rings. The Bertz CT molecular complexity index is 808. The van der Waals surface area contributed by atoms with Gasteiger partial charge in [0.15, 0.2) is 5.79 Å². The highest BCUT2D eigenvalue weighted by atomic mass is 16.8. The van der Waals surface area contributed by atoms with Gasteiger partial charge >= 0.3 is 0 Å². The van der Waals surface area contributed by atoms with Crippen LogP contribution in [0, 0.1) is 0 Å². The Balaban J connectivity index is 1.40. The van der Waals surface area contributed by atoms with Crippen molar-refractivity contribution in [2.45, 2.75) is 31.3 Å². The molecule has 2 heterocycles. The first-order valence-electron chi connectivity index (χ1n) is 9.31. The molecule has 5 heteroatoms. The molecule has 1 aliphatic heterocycles. The second-order valence-electron chi connectivity index (χ2n) is 6.81. The van der Waals surface area contributed by atoms with Crippen LogP contribution in [0.3, 0.4) is 0 Å². The van der Waals surface area contributed by atoms with Gasteiger partial charge in [-0.25, -0.2) is 4.98 Å². The van der Waals surface area contributed by atoms with Crippen molar-refractivity contribution in [1.82, 2.24) is 9.55 Å². The van der Waals surface area contributed by atoms with E-state index in [2.05, 4.69) is 29.2 Å². The average Bonchev–Trinajstić information content (AvgIpc) is 3.37. The van der Waals surface area contributed by atoms with E-state index >= 15 is 0 Å². The summed E-state index contributed by atoms with van der Waals surface area (Å²) in [5.74, 6) is 0.179. The molecule has 1 aromatic heterocycles. The molecule has 2 atom stereocenters. The van der Waals surface area contributed by atoms with E-state index in [9.17, 15) is 0 Å². The largest absolute Gasteiger partial charge is 0.491 e. The molecule has 0 saturated carbocycles. The van der Waals surface area contributed by atoms with E-state index in [-0.39, 0.29) is 6.10 Å². The normalized spacial score (nSPS) is 22.0. The molecule has 4 rings (SSSR count). The molecule has 140 valence electrons. The zero-order valence-electron chi connectivity index (χ0n) is 15.2. The van der Waals surface area contributed by atoms with Crippen LogP contribution in [0.1, 0.15) is 12.0 Å². The Morgan fingerprint density at radius 1 is 1.07 bits per heavy atom. The van der Waals surface area contributed by atoms with Gasteiger partial charge in [0.25, 0.3) is 0 Å². The van der Waals surface area contributed by atoms with Crippen molar-refractivity contribution in [2.24, 2.45) is 0 Å². The summed E-state index contributed by atoms with van der Waals surface area (Å²) in [6.07, 6.45) is 7.08. The second kappa shape index (κ2) is 8.37. The first-order valence-corrected chi connectivity index (χ1v) is 9.31. The van der Waals surface area contributed by atoms with E-state index in [1.54, 1.807) is 12.5 Å². The second-order valence-corrected chi connectivity index (χ2v) is 6.81. The number of hydrogen-bond acceptors (Lipinski definition) is 4. The predicted octanol–water partition coefficient (Wildman–Crippen LogP) is 3.71. The maximum absolute atomic E-state index is 6.37. The smallest absolute Gasteiger partial charge is 0.187 e. The molecule has 0 aliphatic carbocycles. The Morgan fingerprint density at radius 2 is 1.85 bits per heavy atom. The molecular weight excluding hydrogens is 340 g/mol. The summed E-state index contributed by atoms with van der Waals surface area (Å²) in [4.78, 5) is 4.14. The fourth-order valence-corrected chi connectivity index (χ4v) is 3.34. The molecular formula is C22H24N2O3. The molecule has 0 spiro atoms. The van der Waals surface area contributed by atoms with E-state index in [1.165, 1.54) is 5.56 Å². The number of nitrogens with zero attached hydrogens (tertiary/aromatic N) is 2. The lowest BCUT2D eigenvalue weighted by Gasteiger charge is -2.28. The number of aromatic nitrogens is 2. The van der Waals surface area contributed by atoms with E-state index in [0.717, 1.165) is 18.6 Å². The van der Waals surface area contributed by atoms with E-state index in [1.807, 2.05) is 47.2 Å². The summed E-state index contributed by atoms with van der Waals surface area (Å²) in [6.45, 7) is 1.61. The van der Waals surface area contributed by atoms with Gasteiger partial charge in [-0.05, 0) is 24.1 Å². The van der Waals surface area contributed by atoms with E-state index in [4.69, 9.17) is 14.2 Å². The molecule has 5 nitrogen and oxygen atoms in total. The van der Waals surface area contributed by atoms with Crippen LogP contribution in [-0.2, 0) is 22.4 Å². The van der Waals surface area contributed by atoms with E-state index < -0.39 is 5.79 Å². The van der Waals surface area contributed by atoms with Crippen molar-refractivity contribution in [2.75, 3.05) is 13.2 Å². The lowest BCUT2D eigenvalue weighted by atomic mass is 10.0. The van der Waals surface area contributed by atoms with Gasteiger partial charge in [0.05, 0.1) is 19.5 Å². The summed E-state index contributed by atoms with van der Waals surface area (Å²) in [5, 5.41) is 0. The summed E-state index contributed by atoms with van der Waals surface area (Å²) < 4.78 is 20.4. The van der Waals surface area contributed by atoms with Crippen molar-refractivity contribution in [3.8, 4) is 5.75 Å². The lowest BCUT2D eigenvalue weighted by molar-refractivity contribution is -0.184. The van der Waals surface area contributed by atoms with Gasteiger partial charge < -0.3 is 18.8 Å². The number of ether oxygens (including phenoxy) is 3. The summed E-state index contributed by atoms with van der Waals surface area (Å²) >= 11 is 0. The van der Waals surface area contributed by atoms with Crippen LogP contribution in [0.15, 0.2) is 79.4 Å². The fourth-order valence-electron chi connectivity index (χ4n) is 3.34. The highest BCUT2D eigenvalue weighted by Crippen LogP contribution is 2.31. The van der Waals surface area contributed by atoms with Crippen LogP contribution in [-0.4, -0.2) is 34.7 Å². The molecule has 0 amide bonds. The van der Waals surface area contributed by atoms with E-state index in [0.29, 0.717) is 19.8 Å². The number of rotatable bonds is 8. The Morgan fingerprint density at radius 3 is 2.59 bits per heavy atom. The number of benzene rings is 2. The molecule has 0 N–H and O–H groups in total. The zero-order chi connectivity index (χ0) is 18.4. The molecule has 3 aromatic rings. The Hall–Kier alpha value is -2.63. The molecule has 0 radical (unpaired) electrons. The van der Waals surface area contributed by atoms with Crippen molar-refractivity contribution in [3.63, 3.8) is 0 Å². The lowest BCUT2D eigenvalue weighted by Crippen LogP contribution is -2.37. The van der Waals surface area contributed by atoms with Crippen LogP contribution in [0.25, 0.3) is 0 Å². The maximum Gasteiger partial charge on any atom is 0.187 e. The monoisotopic (exact) mass is 364 g/mol. The molecule has 27 heavy (non-hydrogen) atoms. The minimum atomic E-state index is -0.665. The first-order chi connectivity index (χ1) is 13.3. The molecule has 1 aliphatic rings. The third-order valence-electron chi connectivity index (χ3n) is 4.71. The standard InChI is InChI=1S/C22H24N2O3/c1-3-7-19(8-4-1)11-12-22(17-24-14-13-23-18-24)26-16-21(27-22)15-25-20-9-5-2-6-10-20/h1-10,13-14,18,21H,11-12,15-17H2. The summed E-state index contributed by atoms with van der Waals surface area (Å²) in [5.41, 5.74) is 1.28. The topological polar surface area (TPSA) is 45.5 Å². The summed E-state index contributed by atoms with van der Waals surface area (Å²) in [6, 6.07) is 20.2. The van der Waals surface area contributed by atoms with Crippen LogP contribution in [0.4, 0.5) is 0 Å². The third-order valence-corrected chi connectivity index (χ3v) is 4.71. The van der Waals surface area contributed by atoms with Crippen LogP contribution in [0.5, 0.6) is 5.75 Å². The maximum atomic E-state index is 6.37. The van der Waals surface area contributed by atoms with Gasteiger partial charge in [-0.2, -0.15) is 0 Å². The molecule has 1 saturated heterocycles. The molecule has 2 aromatic carbocycles. The zero-order valence-corrected chi connectivity index (χ0v) is 15.2. The quantitative estimate of drug-likeness (QED) is 0.611. The van der Waals surface area contributed by atoms with Crippen molar-refractivity contribution in [3.05, 3.63) is 84.9 Å². The Labute approximate surface area is 159 Å². The third kappa shape index (κ3) is 4.76. The highest BCUT2D eigenvalue weighted by molar-refractivity contribution is 5.21. The highest BCUT2D eigenvalue weighted by Gasteiger charge is 2.41. The van der Waals surface area contributed by atoms with Gasteiger partial charge in [-0.3, -0.25) is 0 Å². The van der Waals surface area contributed by atoms with Crippen molar-refractivity contribution >= 4 is 0 Å². The number of imidazole rings is 1. The minimum absolute atomic E-state index is 0.0931. The van der Waals surface area contributed by atoms with Crippen LogP contribution >= 0.6 is 0 Å². The van der Waals surface area contributed by atoms with Gasteiger partial charge in [0, 0.05) is 18.8 Å². The number of aryl methyl sites for hydroxylation is 1. The van der Waals surface area contributed by atoms with Gasteiger partial charge in [-0.15, -0.1) is 0 Å². The van der Waals surface area contributed by atoms with Gasteiger partial charge in [-0.1, -0.05) is 48.5 Å². The SMILES string of the molecule is c1ccc(CCC2(Cn3ccnc3)OCC(COc3ccccc3)O2)cc1. The van der Waals surface area contributed by atoms with Crippen LogP contribution < -0.4 is 4.74 Å². The van der Waals surface area contributed by atoms with Crippen molar-refractivity contribution in [1.29, 1.82) is 0 Å².